The molecule has 110 valence electrons. The van der Waals surface area contributed by atoms with Crippen molar-refractivity contribution in [3.05, 3.63) is 60.7 Å². The van der Waals surface area contributed by atoms with Crippen LogP contribution in [0.1, 0.15) is 17.3 Å². The molecule has 0 saturated heterocycles. The highest BCUT2D eigenvalue weighted by Crippen LogP contribution is 2.33. The number of fused-ring (bicyclic) bond motifs is 3. The van der Waals surface area contributed by atoms with Crippen molar-refractivity contribution in [3.8, 4) is 0 Å². The fourth-order valence-corrected chi connectivity index (χ4v) is 2.48. The van der Waals surface area contributed by atoms with Crippen molar-refractivity contribution in [1.29, 1.82) is 0 Å². The molecule has 3 rings (SSSR count). The highest BCUT2D eigenvalue weighted by atomic mass is 16.6. The lowest BCUT2D eigenvalue weighted by molar-refractivity contribution is -0.383. The summed E-state index contributed by atoms with van der Waals surface area (Å²) < 4.78 is 0. The van der Waals surface area contributed by atoms with Crippen LogP contribution < -0.4 is 11.1 Å². The van der Waals surface area contributed by atoms with Crippen LogP contribution >= 0.6 is 0 Å². The van der Waals surface area contributed by atoms with Gasteiger partial charge in [0.1, 0.15) is 0 Å². The van der Waals surface area contributed by atoms with E-state index in [1.807, 2.05) is 0 Å². The fourth-order valence-electron chi connectivity index (χ4n) is 2.48. The lowest BCUT2D eigenvalue weighted by Crippen LogP contribution is -2.29. The lowest BCUT2D eigenvalue weighted by atomic mass is 9.99. The molecule has 2 aromatic carbocycles. The minimum absolute atomic E-state index is 0.129. The van der Waals surface area contributed by atoms with Gasteiger partial charge in [0.2, 0.25) is 0 Å². The monoisotopic (exact) mass is 299 g/mol. The molecule has 0 aliphatic heterocycles. The van der Waals surface area contributed by atoms with Gasteiger partial charge in [0.15, 0.2) is 5.78 Å². The zero-order valence-electron chi connectivity index (χ0n) is 11.3. The Hall–Kier alpha value is -3.29. The maximum absolute atomic E-state index is 11.7. The second-order valence-corrected chi connectivity index (χ2v) is 4.77. The van der Waals surface area contributed by atoms with Crippen molar-refractivity contribution >= 4 is 33.3 Å². The Morgan fingerprint density at radius 1 is 1.18 bits per heavy atom. The van der Waals surface area contributed by atoms with Gasteiger partial charge in [-0.3, -0.25) is 24.5 Å². The first-order valence-corrected chi connectivity index (χ1v) is 6.27. The number of ketones is 1. The van der Waals surface area contributed by atoms with E-state index in [9.17, 15) is 24.5 Å². The number of nitrogens with zero attached hydrogens (tertiary/aromatic N) is 1. The molecule has 0 atom stereocenters. The van der Waals surface area contributed by atoms with Crippen molar-refractivity contribution < 1.29 is 9.72 Å². The summed E-state index contributed by atoms with van der Waals surface area (Å²) in [5.41, 5.74) is -1.52. The molecule has 8 nitrogen and oxygen atoms in total. The van der Waals surface area contributed by atoms with E-state index in [0.29, 0.717) is 5.39 Å². The third-order valence-corrected chi connectivity index (χ3v) is 3.41. The van der Waals surface area contributed by atoms with Gasteiger partial charge >= 0.3 is 11.1 Å². The molecule has 0 bridgehead atoms. The maximum atomic E-state index is 11.7. The number of rotatable bonds is 2. The highest BCUT2D eigenvalue weighted by Gasteiger charge is 2.21. The number of benzene rings is 2. The predicted octanol–water partition coefficient (Wildman–Crippen LogP) is 1.48. The number of carbonyl (C=O) groups is 1. The summed E-state index contributed by atoms with van der Waals surface area (Å²) in [6.45, 7) is 1.30. The molecule has 0 fully saturated rings. The first kappa shape index (κ1) is 13.7. The minimum Gasteiger partial charge on any atom is -0.316 e. The Kier molecular flexibility index (Phi) is 2.87. The third kappa shape index (κ3) is 1.89. The molecule has 22 heavy (non-hydrogen) atoms. The molecule has 0 aliphatic carbocycles. The average molecular weight is 299 g/mol. The Labute approximate surface area is 121 Å². The van der Waals surface area contributed by atoms with Crippen LogP contribution in [0.3, 0.4) is 0 Å². The Bertz CT molecular complexity index is 1080. The summed E-state index contributed by atoms with van der Waals surface area (Å²) in [6.07, 6.45) is 0. The number of non-ortho nitro benzene ring substituents is 1. The summed E-state index contributed by atoms with van der Waals surface area (Å²) in [6, 6.07) is 5.73. The lowest BCUT2D eigenvalue weighted by Gasteiger charge is -2.07. The number of aromatic nitrogens is 2. The molecule has 0 spiro atoms. The van der Waals surface area contributed by atoms with Crippen LogP contribution in [0.25, 0.3) is 21.8 Å². The number of carbonyl (C=O) groups excluding carboxylic acids is 1. The number of nitro benzene ring substituents is 1. The van der Waals surface area contributed by atoms with Crippen molar-refractivity contribution in [1.82, 2.24) is 9.97 Å². The van der Waals surface area contributed by atoms with Crippen LogP contribution in [0.2, 0.25) is 0 Å². The van der Waals surface area contributed by atoms with E-state index in [-0.39, 0.29) is 33.5 Å². The van der Waals surface area contributed by atoms with Gasteiger partial charge in [-0.05, 0) is 6.92 Å². The second-order valence-electron chi connectivity index (χ2n) is 4.77. The van der Waals surface area contributed by atoms with Crippen molar-refractivity contribution in [3.63, 3.8) is 0 Å². The third-order valence-electron chi connectivity index (χ3n) is 3.41. The molecule has 1 heterocycles. The van der Waals surface area contributed by atoms with Gasteiger partial charge in [-0.1, -0.05) is 18.2 Å². The summed E-state index contributed by atoms with van der Waals surface area (Å²) >= 11 is 0. The number of nitro groups is 1. The van der Waals surface area contributed by atoms with Crippen LogP contribution in [0.5, 0.6) is 0 Å². The molecule has 1 aromatic heterocycles. The van der Waals surface area contributed by atoms with Crippen LogP contribution in [0.4, 0.5) is 5.69 Å². The standard InChI is InChI=1S/C14H9N3O5/c1-6(18)7-3-2-4-8-11(7)10(17(21)22)5-9-12(8)16-14(20)13(19)15-9/h2-5H,1H3,(H,15,19)(H,16,20). The van der Waals surface area contributed by atoms with Gasteiger partial charge in [0.25, 0.3) is 5.69 Å². The molecular weight excluding hydrogens is 290 g/mol. The number of hydrogen-bond acceptors (Lipinski definition) is 5. The molecule has 0 radical (unpaired) electrons. The predicted molar refractivity (Wildman–Crippen MR) is 79.4 cm³/mol. The smallest absolute Gasteiger partial charge is 0.314 e. The largest absolute Gasteiger partial charge is 0.316 e. The molecule has 0 unspecified atom stereocenters. The molecule has 2 N–H and O–H groups in total. The molecule has 3 aromatic rings. The molecule has 0 amide bonds. The summed E-state index contributed by atoms with van der Waals surface area (Å²) in [5.74, 6) is -0.333. The Balaban J connectivity index is 2.68. The van der Waals surface area contributed by atoms with Gasteiger partial charge in [-0.25, -0.2) is 0 Å². The van der Waals surface area contributed by atoms with Gasteiger partial charge in [-0.15, -0.1) is 0 Å². The minimum atomic E-state index is -0.899. The van der Waals surface area contributed by atoms with Crippen LogP contribution in [-0.4, -0.2) is 20.7 Å². The Morgan fingerprint density at radius 2 is 1.86 bits per heavy atom. The number of aromatic amines is 2. The van der Waals surface area contributed by atoms with Crippen molar-refractivity contribution in [2.75, 3.05) is 0 Å². The molecule has 0 aliphatic rings. The summed E-state index contributed by atoms with van der Waals surface area (Å²) in [4.78, 5) is 50.0. The molecule has 0 saturated carbocycles. The van der Waals surface area contributed by atoms with Gasteiger partial charge in [0.05, 0.1) is 21.3 Å². The normalized spacial score (nSPS) is 11.0. The number of hydrogen-bond donors (Lipinski definition) is 2. The van der Waals surface area contributed by atoms with Crippen LogP contribution in [0.15, 0.2) is 33.9 Å². The SMILES string of the molecule is CC(=O)c1cccc2c1c([N+](=O)[O-])cc1[nH]c(=O)c(=O)[nH]c12. The highest BCUT2D eigenvalue weighted by molar-refractivity contribution is 6.17. The zero-order chi connectivity index (χ0) is 16.0. The van der Waals surface area contributed by atoms with E-state index in [0.717, 1.165) is 6.07 Å². The van der Waals surface area contributed by atoms with E-state index in [1.54, 1.807) is 12.1 Å². The fraction of sp³-hybridized carbons (Fsp3) is 0.0714. The zero-order valence-corrected chi connectivity index (χ0v) is 11.3. The first-order chi connectivity index (χ1) is 10.4. The molecule has 8 heteroatoms. The Morgan fingerprint density at radius 3 is 2.50 bits per heavy atom. The maximum Gasteiger partial charge on any atom is 0.314 e. The van der Waals surface area contributed by atoms with E-state index in [2.05, 4.69) is 9.97 Å². The number of H-pyrrole nitrogens is 2. The summed E-state index contributed by atoms with van der Waals surface area (Å²) in [7, 11) is 0. The summed E-state index contributed by atoms with van der Waals surface area (Å²) in [5, 5.41) is 11.8. The molecular formula is C14H9N3O5. The average Bonchev–Trinajstić information content (AvgIpc) is 2.47. The van der Waals surface area contributed by atoms with E-state index >= 15 is 0 Å². The van der Waals surface area contributed by atoms with E-state index in [4.69, 9.17) is 0 Å². The van der Waals surface area contributed by atoms with Crippen molar-refractivity contribution in [2.24, 2.45) is 0 Å². The topological polar surface area (TPSA) is 126 Å². The van der Waals surface area contributed by atoms with Crippen LogP contribution in [-0.2, 0) is 0 Å². The van der Waals surface area contributed by atoms with Gasteiger partial charge in [0, 0.05) is 17.0 Å². The van der Waals surface area contributed by atoms with Gasteiger partial charge in [-0.2, -0.15) is 0 Å². The second kappa shape index (κ2) is 4.62. The van der Waals surface area contributed by atoms with Gasteiger partial charge < -0.3 is 9.97 Å². The quantitative estimate of drug-likeness (QED) is 0.244. The van der Waals surface area contributed by atoms with Crippen molar-refractivity contribution in [2.45, 2.75) is 6.92 Å². The van der Waals surface area contributed by atoms with Crippen LogP contribution in [0, 0.1) is 10.1 Å². The van der Waals surface area contributed by atoms with E-state index < -0.39 is 16.0 Å². The number of Topliss-reactive ketones (excluding diaryl/α,β-unsaturated/α-hetero) is 1. The first-order valence-electron chi connectivity index (χ1n) is 6.27. The number of nitrogens with one attached hydrogen (secondary N) is 2. The van der Waals surface area contributed by atoms with E-state index in [1.165, 1.54) is 13.0 Å².